The molecule has 0 radical (unpaired) electrons. The third kappa shape index (κ3) is 3.66. The normalized spacial score (nSPS) is 14.0. The van der Waals surface area contributed by atoms with Gasteiger partial charge in [0.1, 0.15) is 5.82 Å². The van der Waals surface area contributed by atoms with E-state index in [1.807, 2.05) is 12.1 Å². The lowest BCUT2D eigenvalue weighted by molar-refractivity contribution is 0.354. The molecule has 1 aliphatic carbocycles. The second-order valence-corrected chi connectivity index (χ2v) is 6.10. The van der Waals surface area contributed by atoms with Crippen molar-refractivity contribution in [1.29, 1.82) is 0 Å². The quantitative estimate of drug-likeness (QED) is 0.747. The van der Waals surface area contributed by atoms with Crippen LogP contribution in [0.4, 0.5) is 0 Å². The summed E-state index contributed by atoms with van der Waals surface area (Å²) < 4.78 is 12.8. The first-order valence-corrected chi connectivity index (χ1v) is 8.39. The number of rotatable bonds is 8. The van der Waals surface area contributed by atoms with Gasteiger partial charge in [0.25, 0.3) is 0 Å². The molecule has 124 valence electrons. The molecule has 0 amide bonds. The summed E-state index contributed by atoms with van der Waals surface area (Å²) in [5.74, 6) is 4.17. The third-order valence-corrected chi connectivity index (χ3v) is 4.24. The zero-order chi connectivity index (χ0) is 16.2. The monoisotopic (exact) mass is 315 g/mol. The van der Waals surface area contributed by atoms with E-state index in [1.165, 1.54) is 12.8 Å². The molecule has 0 spiro atoms. The van der Waals surface area contributed by atoms with Crippen LogP contribution in [-0.4, -0.2) is 29.0 Å². The lowest BCUT2D eigenvalue weighted by atomic mass is 10.1. The Kier molecular flexibility index (Phi) is 4.84. The molecule has 1 saturated carbocycles. The van der Waals surface area contributed by atoms with Gasteiger partial charge in [-0.2, -0.15) is 5.10 Å². The van der Waals surface area contributed by atoms with Gasteiger partial charge in [0, 0.05) is 18.9 Å². The summed E-state index contributed by atoms with van der Waals surface area (Å²) in [6.45, 7) is 3.14. The predicted octanol–water partition coefficient (Wildman–Crippen LogP) is 3.56. The Morgan fingerprint density at radius 1 is 1.17 bits per heavy atom. The number of hydrogen-bond acceptors (Lipinski definition) is 4. The fraction of sp³-hybridized carbons (Fsp3) is 0.556. The molecule has 0 unspecified atom stereocenters. The molecular formula is C18H25N3O2. The second kappa shape index (κ2) is 7.02. The van der Waals surface area contributed by atoms with Crippen molar-refractivity contribution in [2.24, 2.45) is 0 Å². The number of benzene rings is 1. The van der Waals surface area contributed by atoms with E-state index in [9.17, 15) is 0 Å². The first-order valence-electron chi connectivity index (χ1n) is 8.39. The summed E-state index contributed by atoms with van der Waals surface area (Å²) in [6.07, 6.45) is 5.52. The van der Waals surface area contributed by atoms with E-state index < -0.39 is 0 Å². The van der Waals surface area contributed by atoms with Crippen LogP contribution in [0.25, 0.3) is 0 Å². The number of methoxy groups -OCH3 is 2. The summed E-state index contributed by atoms with van der Waals surface area (Å²) in [7, 11) is 3.32. The molecule has 0 N–H and O–H groups in total. The highest BCUT2D eigenvalue weighted by atomic mass is 16.5. The van der Waals surface area contributed by atoms with Gasteiger partial charge >= 0.3 is 0 Å². The molecule has 3 rings (SSSR count). The summed E-state index contributed by atoms with van der Waals surface area (Å²) >= 11 is 0. The van der Waals surface area contributed by atoms with Gasteiger partial charge in [-0.05, 0) is 37.0 Å². The number of ether oxygens (including phenoxy) is 2. The van der Waals surface area contributed by atoms with Gasteiger partial charge in [0.05, 0.1) is 14.2 Å². The number of aryl methyl sites for hydroxylation is 1. The van der Waals surface area contributed by atoms with Gasteiger partial charge in [-0.25, -0.2) is 9.67 Å². The predicted molar refractivity (Wildman–Crippen MR) is 89.3 cm³/mol. The molecule has 1 aromatic heterocycles. The molecule has 0 atom stereocenters. The number of nitrogens with zero attached hydrogens (tertiary/aromatic N) is 3. The van der Waals surface area contributed by atoms with Crippen molar-refractivity contribution in [3.05, 3.63) is 35.4 Å². The number of aromatic nitrogens is 3. The Morgan fingerprint density at radius 2 is 1.96 bits per heavy atom. The summed E-state index contributed by atoms with van der Waals surface area (Å²) in [5.41, 5.74) is 1.16. The molecule has 1 heterocycles. The SMILES string of the molecule is CCCCn1nc(C2CC2)nc1Cc1ccc(OC)c(OC)c1. The van der Waals surface area contributed by atoms with Gasteiger partial charge in [0.15, 0.2) is 17.3 Å². The summed E-state index contributed by atoms with van der Waals surface area (Å²) in [5, 5.41) is 4.73. The van der Waals surface area contributed by atoms with Crippen LogP contribution in [0.15, 0.2) is 18.2 Å². The zero-order valence-electron chi connectivity index (χ0n) is 14.2. The van der Waals surface area contributed by atoms with Crippen LogP contribution < -0.4 is 9.47 Å². The van der Waals surface area contributed by atoms with Gasteiger partial charge < -0.3 is 9.47 Å². The average molecular weight is 315 g/mol. The maximum Gasteiger partial charge on any atom is 0.161 e. The highest BCUT2D eigenvalue weighted by Crippen LogP contribution is 2.38. The average Bonchev–Trinajstić information content (AvgIpc) is 3.35. The highest BCUT2D eigenvalue weighted by molar-refractivity contribution is 5.43. The van der Waals surface area contributed by atoms with Crippen molar-refractivity contribution in [2.45, 2.75) is 51.5 Å². The molecule has 0 bridgehead atoms. The van der Waals surface area contributed by atoms with Crippen molar-refractivity contribution < 1.29 is 9.47 Å². The summed E-state index contributed by atoms with van der Waals surface area (Å²) in [6, 6.07) is 6.04. The maximum atomic E-state index is 5.40. The lowest BCUT2D eigenvalue weighted by Gasteiger charge is -2.10. The van der Waals surface area contributed by atoms with Crippen molar-refractivity contribution in [3.63, 3.8) is 0 Å². The van der Waals surface area contributed by atoms with E-state index in [1.54, 1.807) is 14.2 Å². The van der Waals surface area contributed by atoms with Crippen LogP contribution in [-0.2, 0) is 13.0 Å². The highest BCUT2D eigenvalue weighted by Gasteiger charge is 2.28. The van der Waals surface area contributed by atoms with Crippen LogP contribution in [0.5, 0.6) is 11.5 Å². The second-order valence-electron chi connectivity index (χ2n) is 6.10. The molecule has 23 heavy (non-hydrogen) atoms. The van der Waals surface area contributed by atoms with Gasteiger partial charge in [-0.1, -0.05) is 19.4 Å². The fourth-order valence-electron chi connectivity index (χ4n) is 2.70. The van der Waals surface area contributed by atoms with Crippen molar-refractivity contribution in [2.75, 3.05) is 14.2 Å². The molecule has 1 fully saturated rings. The van der Waals surface area contributed by atoms with E-state index in [0.29, 0.717) is 5.92 Å². The van der Waals surface area contributed by atoms with Gasteiger partial charge in [-0.15, -0.1) is 0 Å². The van der Waals surface area contributed by atoms with E-state index in [2.05, 4.69) is 17.7 Å². The molecule has 0 saturated heterocycles. The van der Waals surface area contributed by atoms with Gasteiger partial charge in [0.2, 0.25) is 0 Å². The molecule has 5 heteroatoms. The van der Waals surface area contributed by atoms with Crippen molar-refractivity contribution in [3.8, 4) is 11.5 Å². The fourth-order valence-corrected chi connectivity index (χ4v) is 2.70. The molecule has 5 nitrogen and oxygen atoms in total. The standard InChI is InChI=1S/C18H25N3O2/c1-4-5-10-21-17(19-18(20-21)14-7-8-14)12-13-6-9-15(22-2)16(11-13)23-3/h6,9,11,14H,4-5,7-8,10,12H2,1-3H3. The Morgan fingerprint density at radius 3 is 2.61 bits per heavy atom. The molecule has 1 aliphatic rings. The van der Waals surface area contributed by atoms with Crippen molar-refractivity contribution in [1.82, 2.24) is 14.8 Å². The van der Waals surface area contributed by atoms with E-state index in [0.717, 1.165) is 54.5 Å². The minimum atomic E-state index is 0.585. The Bertz CT molecular complexity index is 662. The minimum absolute atomic E-state index is 0.585. The third-order valence-electron chi connectivity index (χ3n) is 4.24. The first kappa shape index (κ1) is 15.8. The minimum Gasteiger partial charge on any atom is -0.493 e. The van der Waals surface area contributed by atoms with E-state index in [4.69, 9.17) is 19.6 Å². The number of hydrogen-bond donors (Lipinski definition) is 0. The Labute approximate surface area is 137 Å². The Hall–Kier alpha value is -2.04. The van der Waals surface area contributed by atoms with Crippen LogP contribution >= 0.6 is 0 Å². The largest absolute Gasteiger partial charge is 0.493 e. The summed E-state index contributed by atoms with van der Waals surface area (Å²) in [4.78, 5) is 4.80. The zero-order valence-corrected chi connectivity index (χ0v) is 14.2. The van der Waals surface area contributed by atoms with Crippen molar-refractivity contribution >= 4 is 0 Å². The topological polar surface area (TPSA) is 49.2 Å². The van der Waals surface area contributed by atoms with Crippen LogP contribution in [0.3, 0.4) is 0 Å². The van der Waals surface area contributed by atoms with Crippen LogP contribution in [0.1, 0.15) is 55.7 Å². The smallest absolute Gasteiger partial charge is 0.161 e. The maximum absolute atomic E-state index is 5.40. The molecule has 2 aromatic rings. The van der Waals surface area contributed by atoms with Crippen LogP contribution in [0, 0.1) is 0 Å². The number of unbranched alkanes of at least 4 members (excludes halogenated alkanes) is 1. The lowest BCUT2D eigenvalue weighted by Crippen LogP contribution is -2.06. The van der Waals surface area contributed by atoms with E-state index in [-0.39, 0.29) is 0 Å². The molecule has 0 aliphatic heterocycles. The molecule has 1 aromatic carbocycles. The van der Waals surface area contributed by atoms with Gasteiger partial charge in [-0.3, -0.25) is 0 Å². The van der Waals surface area contributed by atoms with Crippen LogP contribution in [0.2, 0.25) is 0 Å². The van der Waals surface area contributed by atoms with E-state index >= 15 is 0 Å². The Balaban J connectivity index is 1.83. The molecular weight excluding hydrogens is 290 g/mol. The first-order chi connectivity index (χ1) is 11.2.